The summed E-state index contributed by atoms with van der Waals surface area (Å²) in [5.41, 5.74) is 3.90. The molecule has 27 heavy (non-hydrogen) atoms. The van der Waals surface area contributed by atoms with E-state index in [9.17, 15) is 0 Å². The van der Waals surface area contributed by atoms with E-state index in [1.54, 1.807) is 4.44 Å². The average Bonchev–Trinajstić information content (AvgIpc) is 3.10. The summed E-state index contributed by atoms with van der Waals surface area (Å²) in [7, 11) is 0. The van der Waals surface area contributed by atoms with Crippen molar-refractivity contribution in [1.82, 2.24) is 0 Å². The third-order valence-corrected chi connectivity index (χ3v) is 7.94. The van der Waals surface area contributed by atoms with Crippen LogP contribution in [0.5, 0.6) is 0 Å². The quantitative estimate of drug-likeness (QED) is 0.221. The Kier molecular flexibility index (Phi) is 8.09. The van der Waals surface area contributed by atoms with E-state index in [2.05, 4.69) is 37.3 Å². The van der Waals surface area contributed by atoms with Crippen LogP contribution in [0.15, 0.2) is 54.6 Å². The van der Waals surface area contributed by atoms with E-state index in [-0.39, 0.29) is 0 Å². The van der Waals surface area contributed by atoms with Gasteiger partial charge in [0, 0.05) is 0 Å². The molecule has 3 aromatic rings. The molecule has 0 N–H and O–H groups in total. The van der Waals surface area contributed by atoms with E-state index in [1.165, 1.54) is 66.1 Å². The molecule has 3 heteroatoms. The minimum atomic E-state index is 0.381. The summed E-state index contributed by atoms with van der Waals surface area (Å²) in [4.78, 5) is 0. The third-order valence-electron chi connectivity index (χ3n) is 4.82. The maximum absolute atomic E-state index is 6.10. The van der Waals surface area contributed by atoms with Gasteiger partial charge >= 0.3 is 180 Å². The Morgan fingerprint density at radius 3 is 1.89 bits per heavy atom. The number of aryl methyl sites for hydroxylation is 1. The molecule has 142 valence electrons. The van der Waals surface area contributed by atoms with Gasteiger partial charge in [-0.3, -0.25) is 0 Å². The molecule has 0 aliphatic heterocycles. The van der Waals surface area contributed by atoms with Crippen LogP contribution in [0.25, 0.3) is 21.1 Å². The zero-order chi connectivity index (χ0) is 19.1. The van der Waals surface area contributed by atoms with Crippen molar-refractivity contribution in [3.05, 3.63) is 69.1 Å². The van der Waals surface area contributed by atoms with E-state index in [4.69, 9.17) is 23.2 Å². The van der Waals surface area contributed by atoms with Crippen LogP contribution >= 0.6 is 23.2 Å². The second kappa shape index (κ2) is 10.5. The fraction of sp³-hybridized carbons (Fsp3) is 0.333. The summed E-state index contributed by atoms with van der Waals surface area (Å²) in [6.07, 6.45) is 9.31. The van der Waals surface area contributed by atoms with Crippen LogP contribution in [0.4, 0.5) is 0 Å². The van der Waals surface area contributed by atoms with Gasteiger partial charge in [0.05, 0.1) is 0 Å². The normalized spacial score (nSPS) is 11.1. The van der Waals surface area contributed by atoms with E-state index < -0.39 is 0 Å². The molecule has 0 bridgehead atoms. The van der Waals surface area contributed by atoms with Crippen LogP contribution < -0.4 is 0 Å². The number of rotatable bonds is 9. The Morgan fingerprint density at radius 1 is 0.704 bits per heavy atom. The van der Waals surface area contributed by atoms with E-state index in [0.717, 1.165) is 10.0 Å². The molecule has 0 saturated carbocycles. The fourth-order valence-electron chi connectivity index (χ4n) is 3.30. The van der Waals surface area contributed by atoms with Crippen LogP contribution in [0.1, 0.15) is 49.9 Å². The van der Waals surface area contributed by atoms with Gasteiger partial charge in [-0.15, -0.1) is 0 Å². The minimum absolute atomic E-state index is 0.381. The van der Waals surface area contributed by atoms with Crippen molar-refractivity contribution in [3.63, 3.8) is 0 Å². The monoisotopic (exact) mass is 464 g/mol. The molecule has 0 saturated heterocycles. The molecule has 0 spiro atoms. The molecule has 0 fully saturated rings. The summed E-state index contributed by atoms with van der Waals surface area (Å²) in [5.74, 6) is 0. The van der Waals surface area contributed by atoms with Crippen molar-refractivity contribution in [2.24, 2.45) is 0 Å². The van der Waals surface area contributed by atoms with Crippen LogP contribution in [0.3, 0.4) is 0 Å². The number of hydrogen-bond acceptors (Lipinski definition) is 0. The Labute approximate surface area is 179 Å². The molecule has 0 aliphatic rings. The molecule has 0 unspecified atom stereocenters. The van der Waals surface area contributed by atoms with Gasteiger partial charge in [-0.1, -0.05) is 0 Å². The SMILES string of the molecule is CCCCCCCCc1cc(-c2ccc(Cl)cc2)c(-c2ccc(Cl)cc2)[se]1. The zero-order valence-corrected chi connectivity index (χ0v) is 19.0. The molecular weight excluding hydrogens is 438 g/mol. The van der Waals surface area contributed by atoms with Crippen molar-refractivity contribution in [3.8, 4) is 21.1 Å². The van der Waals surface area contributed by atoms with Gasteiger partial charge in [-0.25, -0.2) is 0 Å². The van der Waals surface area contributed by atoms with Crippen LogP contribution in [0, 0.1) is 0 Å². The summed E-state index contributed by atoms with van der Waals surface area (Å²) in [6.45, 7) is 2.27. The topological polar surface area (TPSA) is 0 Å². The first-order valence-electron chi connectivity index (χ1n) is 9.82. The molecular formula is C24H26Cl2Se. The summed E-state index contributed by atoms with van der Waals surface area (Å²) < 4.78 is 3.07. The molecule has 0 aliphatic carbocycles. The Bertz CT molecular complexity index is 769. The second-order valence-electron chi connectivity index (χ2n) is 6.99. The maximum atomic E-state index is 6.10. The van der Waals surface area contributed by atoms with Gasteiger partial charge in [0.1, 0.15) is 0 Å². The standard InChI is InChI=1S/C24H26Cl2Se/c1-2-3-4-5-6-7-8-22-17-23(18-9-13-20(25)14-10-18)24(27-22)19-11-15-21(26)16-12-19/h9-17H,2-8H2,1H3. The predicted molar refractivity (Wildman–Crippen MR) is 121 cm³/mol. The van der Waals surface area contributed by atoms with Crippen molar-refractivity contribution < 1.29 is 0 Å². The molecule has 2 aromatic carbocycles. The van der Waals surface area contributed by atoms with Crippen molar-refractivity contribution in [2.75, 3.05) is 0 Å². The van der Waals surface area contributed by atoms with E-state index >= 15 is 0 Å². The van der Waals surface area contributed by atoms with Crippen LogP contribution in [-0.4, -0.2) is 14.5 Å². The number of halogens is 2. The van der Waals surface area contributed by atoms with Gasteiger partial charge in [0.2, 0.25) is 0 Å². The first-order valence-corrected chi connectivity index (χ1v) is 12.3. The number of hydrogen-bond donors (Lipinski definition) is 0. The summed E-state index contributed by atoms with van der Waals surface area (Å²) in [6, 6.07) is 18.9. The van der Waals surface area contributed by atoms with Crippen molar-refractivity contribution >= 4 is 37.7 Å². The Balaban J connectivity index is 1.80. The van der Waals surface area contributed by atoms with Crippen molar-refractivity contribution in [1.29, 1.82) is 0 Å². The van der Waals surface area contributed by atoms with E-state index in [1.807, 2.05) is 24.3 Å². The third kappa shape index (κ3) is 6.00. The number of benzene rings is 2. The predicted octanol–water partition coefficient (Wildman–Crippen LogP) is 8.29. The van der Waals surface area contributed by atoms with Gasteiger partial charge in [0.25, 0.3) is 0 Å². The average molecular weight is 464 g/mol. The molecule has 3 rings (SSSR count). The Morgan fingerprint density at radius 2 is 1.26 bits per heavy atom. The first kappa shape index (κ1) is 20.7. The first-order chi connectivity index (χ1) is 13.2. The van der Waals surface area contributed by atoms with Gasteiger partial charge < -0.3 is 0 Å². The second-order valence-corrected chi connectivity index (χ2v) is 10.2. The van der Waals surface area contributed by atoms with Gasteiger partial charge in [-0.2, -0.15) is 0 Å². The number of unbranched alkanes of at least 4 members (excludes halogenated alkanes) is 5. The molecule has 0 nitrogen and oxygen atoms in total. The Hall–Kier alpha value is -0.981. The summed E-state index contributed by atoms with van der Waals surface area (Å²) in [5, 5.41) is 1.57. The summed E-state index contributed by atoms with van der Waals surface area (Å²) >= 11 is 12.6. The molecule has 1 aromatic heterocycles. The fourth-order valence-corrected chi connectivity index (χ4v) is 6.13. The molecule has 1 heterocycles. The van der Waals surface area contributed by atoms with E-state index in [0.29, 0.717) is 14.5 Å². The van der Waals surface area contributed by atoms with Crippen LogP contribution in [-0.2, 0) is 6.42 Å². The molecule has 0 radical (unpaired) electrons. The van der Waals surface area contributed by atoms with Crippen molar-refractivity contribution in [2.45, 2.75) is 51.9 Å². The van der Waals surface area contributed by atoms with Gasteiger partial charge in [-0.05, 0) is 0 Å². The van der Waals surface area contributed by atoms with Gasteiger partial charge in [0.15, 0.2) is 0 Å². The zero-order valence-electron chi connectivity index (χ0n) is 15.8. The molecule has 0 atom stereocenters. The van der Waals surface area contributed by atoms with Crippen LogP contribution in [0.2, 0.25) is 10.0 Å². The molecule has 0 amide bonds.